The van der Waals surface area contributed by atoms with Crippen LogP contribution in [0.2, 0.25) is 0 Å². The van der Waals surface area contributed by atoms with E-state index < -0.39 is 11.6 Å². The molecule has 0 unspecified atom stereocenters. The van der Waals surface area contributed by atoms with Crippen LogP contribution >= 0.6 is 0 Å². The molecular formula is C22H22F2N2O2. The van der Waals surface area contributed by atoms with Crippen molar-refractivity contribution in [1.29, 1.82) is 0 Å². The Morgan fingerprint density at radius 3 is 2.61 bits per heavy atom. The van der Waals surface area contributed by atoms with Crippen LogP contribution in [0.5, 0.6) is 0 Å². The summed E-state index contributed by atoms with van der Waals surface area (Å²) in [4.78, 5) is 16.4. The number of amides is 1. The maximum absolute atomic E-state index is 13.8. The van der Waals surface area contributed by atoms with Crippen LogP contribution in [0.4, 0.5) is 14.5 Å². The van der Waals surface area contributed by atoms with E-state index in [0.29, 0.717) is 5.89 Å². The molecule has 4 nitrogen and oxygen atoms in total. The summed E-state index contributed by atoms with van der Waals surface area (Å²) < 4.78 is 32.4. The second-order valence-electron chi connectivity index (χ2n) is 7.59. The molecule has 1 amide bonds. The van der Waals surface area contributed by atoms with Gasteiger partial charge in [-0.05, 0) is 29.2 Å². The number of nitrogens with one attached hydrogen (secondary N) is 1. The number of nitrogens with zero attached hydrogens (tertiary/aromatic N) is 1. The molecule has 1 N–H and O–H groups in total. The third-order valence-electron chi connectivity index (χ3n) is 4.33. The molecule has 1 aromatic heterocycles. The van der Waals surface area contributed by atoms with Gasteiger partial charge in [0.05, 0.1) is 11.8 Å². The molecule has 0 spiro atoms. The number of carbonyl (C=O) groups is 1. The predicted octanol–water partition coefficient (Wildman–Crippen LogP) is 5.49. The molecule has 0 saturated carbocycles. The molecular weight excluding hydrogens is 362 g/mol. The Balaban J connectivity index is 1.64. The Hall–Kier alpha value is -3.02. The second kappa shape index (κ2) is 7.92. The monoisotopic (exact) mass is 384 g/mol. The number of anilines is 1. The number of hydrogen-bond acceptors (Lipinski definition) is 3. The van der Waals surface area contributed by atoms with Crippen LogP contribution in [-0.2, 0) is 16.6 Å². The van der Waals surface area contributed by atoms with Crippen molar-refractivity contribution in [2.75, 3.05) is 5.32 Å². The van der Waals surface area contributed by atoms with Crippen LogP contribution in [-0.4, -0.2) is 10.9 Å². The number of halogens is 2. The first-order valence-electron chi connectivity index (χ1n) is 9.03. The van der Waals surface area contributed by atoms with Crippen molar-refractivity contribution in [2.24, 2.45) is 0 Å². The standard InChI is InChI=1S/C22H22F2N2O2/c1-22(2,3)16-6-4-5-7-18(16)26-20(27)10-11-21-25-13-19(28-21)15-9-8-14(23)12-17(15)24/h4-9,12-13H,10-11H2,1-3H3,(H,26,27). The van der Waals surface area contributed by atoms with Crippen molar-refractivity contribution in [3.05, 3.63) is 71.8 Å². The van der Waals surface area contributed by atoms with Gasteiger partial charge in [-0.15, -0.1) is 0 Å². The van der Waals surface area contributed by atoms with Gasteiger partial charge in [0.25, 0.3) is 0 Å². The number of carbonyl (C=O) groups excluding carboxylic acids is 1. The molecule has 0 aliphatic carbocycles. The minimum Gasteiger partial charge on any atom is -0.441 e. The third kappa shape index (κ3) is 4.63. The Labute approximate surface area is 162 Å². The van der Waals surface area contributed by atoms with Crippen molar-refractivity contribution in [2.45, 2.75) is 39.0 Å². The summed E-state index contributed by atoms with van der Waals surface area (Å²) in [5, 5.41) is 2.93. The average Bonchev–Trinajstić information content (AvgIpc) is 3.08. The van der Waals surface area contributed by atoms with Crippen molar-refractivity contribution >= 4 is 11.6 Å². The van der Waals surface area contributed by atoms with E-state index in [1.165, 1.54) is 12.3 Å². The van der Waals surface area contributed by atoms with Gasteiger partial charge in [0.2, 0.25) is 5.91 Å². The predicted molar refractivity (Wildman–Crippen MR) is 104 cm³/mol. The summed E-state index contributed by atoms with van der Waals surface area (Å²) in [5.74, 6) is -1.03. The Kier molecular flexibility index (Phi) is 5.58. The first-order valence-corrected chi connectivity index (χ1v) is 9.03. The Morgan fingerprint density at radius 1 is 1.14 bits per heavy atom. The fourth-order valence-corrected chi connectivity index (χ4v) is 2.92. The third-order valence-corrected chi connectivity index (χ3v) is 4.33. The van der Waals surface area contributed by atoms with E-state index in [9.17, 15) is 13.6 Å². The molecule has 0 aliphatic heterocycles. The fourth-order valence-electron chi connectivity index (χ4n) is 2.92. The Morgan fingerprint density at radius 2 is 1.89 bits per heavy atom. The molecule has 0 radical (unpaired) electrons. The highest BCUT2D eigenvalue weighted by Gasteiger charge is 2.19. The summed E-state index contributed by atoms with van der Waals surface area (Å²) in [6.07, 6.45) is 1.81. The van der Waals surface area contributed by atoms with Gasteiger partial charge < -0.3 is 9.73 Å². The van der Waals surface area contributed by atoms with E-state index in [4.69, 9.17) is 4.42 Å². The highest BCUT2D eigenvalue weighted by Crippen LogP contribution is 2.29. The molecule has 0 aliphatic rings. The van der Waals surface area contributed by atoms with E-state index in [-0.39, 0.29) is 35.5 Å². The molecule has 28 heavy (non-hydrogen) atoms. The number of aryl methyl sites for hydroxylation is 1. The lowest BCUT2D eigenvalue weighted by molar-refractivity contribution is -0.116. The summed E-state index contributed by atoms with van der Waals surface area (Å²) in [6.45, 7) is 6.25. The maximum Gasteiger partial charge on any atom is 0.224 e. The Bertz CT molecular complexity index is 990. The van der Waals surface area contributed by atoms with Gasteiger partial charge in [-0.3, -0.25) is 4.79 Å². The van der Waals surface area contributed by atoms with Gasteiger partial charge in [-0.1, -0.05) is 39.0 Å². The normalized spacial score (nSPS) is 11.5. The molecule has 146 valence electrons. The summed E-state index contributed by atoms with van der Waals surface area (Å²) >= 11 is 0. The number of rotatable bonds is 5. The number of oxazole rings is 1. The van der Waals surface area contributed by atoms with E-state index in [2.05, 4.69) is 31.1 Å². The molecule has 6 heteroatoms. The van der Waals surface area contributed by atoms with E-state index in [0.717, 1.165) is 23.4 Å². The molecule has 0 bridgehead atoms. The molecule has 2 aromatic carbocycles. The van der Waals surface area contributed by atoms with E-state index in [1.54, 1.807) is 0 Å². The lowest BCUT2D eigenvalue weighted by Gasteiger charge is -2.22. The average molecular weight is 384 g/mol. The van der Waals surface area contributed by atoms with Crippen molar-refractivity contribution in [3.8, 4) is 11.3 Å². The number of hydrogen-bond donors (Lipinski definition) is 1. The number of benzene rings is 2. The van der Waals surface area contributed by atoms with Gasteiger partial charge in [0.15, 0.2) is 11.7 Å². The molecule has 3 rings (SSSR count). The lowest BCUT2D eigenvalue weighted by atomic mass is 9.86. The maximum atomic E-state index is 13.8. The molecule has 1 heterocycles. The molecule has 3 aromatic rings. The molecule has 0 atom stereocenters. The molecule has 0 saturated heterocycles. The number of para-hydroxylation sites is 1. The van der Waals surface area contributed by atoms with Crippen LogP contribution in [0, 0.1) is 11.6 Å². The minimum atomic E-state index is -0.723. The smallest absolute Gasteiger partial charge is 0.224 e. The summed E-state index contributed by atoms with van der Waals surface area (Å²) in [6, 6.07) is 10.9. The van der Waals surface area contributed by atoms with Crippen molar-refractivity contribution < 1.29 is 18.0 Å². The SMILES string of the molecule is CC(C)(C)c1ccccc1NC(=O)CCc1ncc(-c2ccc(F)cc2F)o1. The second-order valence-corrected chi connectivity index (χ2v) is 7.59. The highest BCUT2D eigenvalue weighted by molar-refractivity contribution is 5.91. The van der Waals surface area contributed by atoms with Crippen LogP contribution in [0.15, 0.2) is 53.1 Å². The van der Waals surface area contributed by atoms with Gasteiger partial charge in [-0.2, -0.15) is 0 Å². The number of aromatic nitrogens is 1. The van der Waals surface area contributed by atoms with Crippen LogP contribution in [0.1, 0.15) is 38.6 Å². The summed E-state index contributed by atoms with van der Waals surface area (Å²) in [5.41, 5.74) is 1.86. The minimum absolute atomic E-state index is 0.0967. The summed E-state index contributed by atoms with van der Waals surface area (Å²) in [7, 11) is 0. The topological polar surface area (TPSA) is 55.1 Å². The lowest BCUT2D eigenvalue weighted by Crippen LogP contribution is -2.18. The molecule has 0 fully saturated rings. The first kappa shape index (κ1) is 19.7. The van der Waals surface area contributed by atoms with Gasteiger partial charge in [-0.25, -0.2) is 13.8 Å². The van der Waals surface area contributed by atoms with Crippen LogP contribution in [0.25, 0.3) is 11.3 Å². The van der Waals surface area contributed by atoms with Gasteiger partial charge in [0.1, 0.15) is 11.6 Å². The largest absolute Gasteiger partial charge is 0.441 e. The quantitative estimate of drug-likeness (QED) is 0.633. The van der Waals surface area contributed by atoms with E-state index in [1.807, 2.05) is 24.3 Å². The zero-order valence-electron chi connectivity index (χ0n) is 16.1. The zero-order chi connectivity index (χ0) is 20.3. The first-order chi connectivity index (χ1) is 13.2. The fraction of sp³-hybridized carbons (Fsp3) is 0.273. The van der Waals surface area contributed by atoms with Gasteiger partial charge >= 0.3 is 0 Å². The highest BCUT2D eigenvalue weighted by atomic mass is 19.1. The van der Waals surface area contributed by atoms with Crippen molar-refractivity contribution in [1.82, 2.24) is 4.98 Å². The zero-order valence-corrected chi connectivity index (χ0v) is 16.1. The van der Waals surface area contributed by atoms with E-state index >= 15 is 0 Å². The van der Waals surface area contributed by atoms with Crippen LogP contribution < -0.4 is 5.32 Å². The van der Waals surface area contributed by atoms with Gasteiger partial charge in [0, 0.05) is 24.6 Å². The van der Waals surface area contributed by atoms with Crippen LogP contribution in [0.3, 0.4) is 0 Å². The van der Waals surface area contributed by atoms with Crippen molar-refractivity contribution in [3.63, 3.8) is 0 Å².